The molecule has 1 saturated carbocycles. The van der Waals surface area contributed by atoms with E-state index in [9.17, 15) is 14.4 Å². The molecule has 2 aromatic rings. The van der Waals surface area contributed by atoms with Gasteiger partial charge in [0, 0.05) is 31.3 Å². The number of carbonyl (C=O) groups excluding carboxylic acids is 3. The fourth-order valence-corrected chi connectivity index (χ4v) is 6.78. The minimum Gasteiger partial charge on any atom is -0.356 e. The number of hydrogen-bond donors (Lipinski definition) is 1. The third-order valence-electron chi connectivity index (χ3n) is 8.75. The Bertz CT molecular complexity index is 1110. The zero-order valence-electron chi connectivity index (χ0n) is 22.2. The average Bonchev–Trinajstić information content (AvgIpc) is 3.68. The van der Waals surface area contributed by atoms with Gasteiger partial charge in [0.05, 0.1) is 5.92 Å². The van der Waals surface area contributed by atoms with Gasteiger partial charge in [0.1, 0.15) is 5.54 Å². The van der Waals surface area contributed by atoms with Crippen molar-refractivity contribution in [2.24, 2.45) is 17.8 Å². The van der Waals surface area contributed by atoms with Crippen molar-refractivity contribution in [3.63, 3.8) is 0 Å². The highest BCUT2D eigenvalue weighted by Crippen LogP contribution is 2.59. The van der Waals surface area contributed by atoms with Crippen LogP contribution in [0.25, 0.3) is 0 Å². The summed E-state index contributed by atoms with van der Waals surface area (Å²) in [5.74, 6) is 1.68. The molecular formula is C32H40N2O3. The molecule has 0 aromatic heterocycles. The van der Waals surface area contributed by atoms with Crippen LogP contribution in [0.2, 0.25) is 0 Å². The van der Waals surface area contributed by atoms with E-state index in [-0.39, 0.29) is 29.6 Å². The Morgan fingerprint density at radius 2 is 1.65 bits per heavy atom. The van der Waals surface area contributed by atoms with E-state index >= 15 is 0 Å². The number of Topliss-reactive ketones (excluding diaryl/α,β-unsaturated/α-hetero) is 1. The molecule has 1 aliphatic carbocycles. The van der Waals surface area contributed by atoms with Gasteiger partial charge in [-0.25, -0.2) is 0 Å². The van der Waals surface area contributed by atoms with Gasteiger partial charge < -0.3 is 10.2 Å². The lowest BCUT2D eigenvalue weighted by Gasteiger charge is -2.53. The lowest BCUT2D eigenvalue weighted by atomic mass is 9.65. The molecule has 0 bridgehead atoms. The Labute approximate surface area is 221 Å². The van der Waals surface area contributed by atoms with Crippen LogP contribution in [0.4, 0.5) is 0 Å². The molecule has 2 amide bonds. The van der Waals surface area contributed by atoms with Gasteiger partial charge in [0.15, 0.2) is 5.78 Å². The zero-order valence-corrected chi connectivity index (χ0v) is 22.2. The number of rotatable bonds is 6. The second-order valence-corrected chi connectivity index (χ2v) is 11.8. The molecule has 196 valence electrons. The molecule has 0 radical (unpaired) electrons. The van der Waals surface area contributed by atoms with E-state index in [2.05, 4.69) is 67.7 Å². The topological polar surface area (TPSA) is 66.5 Å². The monoisotopic (exact) mass is 500 g/mol. The Hall–Kier alpha value is -2.95. The van der Waals surface area contributed by atoms with Gasteiger partial charge in [0.2, 0.25) is 11.8 Å². The smallest absolute Gasteiger partial charge is 0.229 e. The summed E-state index contributed by atoms with van der Waals surface area (Å²) in [6, 6.07) is 20.8. The first kappa shape index (κ1) is 25.7. The van der Waals surface area contributed by atoms with E-state index in [1.807, 2.05) is 17.0 Å². The van der Waals surface area contributed by atoms with Gasteiger partial charge in [-0.2, -0.15) is 0 Å². The SMILES string of the molecule is CC(C)C[C@@H]1C(=O)N2C[C@H](c3ccccc3)CC12C(=O)[C@@H]1C[C@H]1c1ccccc1.O=C1CCCCCN1. The van der Waals surface area contributed by atoms with E-state index in [1.54, 1.807) is 0 Å². The molecule has 5 nitrogen and oxygen atoms in total. The molecular weight excluding hydrogens is 460 g/mol. The second-order valence-electron chi connectivity index (χ2n) is 11.8. The van der Waals surface area contributed by atoms with E-state index < -0.39 is 5.54 Å². The predicted molar refractivity (Wildman–Crippen MR) is 145 cm³/mol. The Kier molecular flexibility index (Phi) is 7.50. The number of β-lactam (4-membered cyclic amide) rings is 1. The second kappa shape index (κ2) is 10.8. The van der Waals surface area contributed by atoms with Crippen LogP contribution in [-0.2, 0) is 14.4 Å². The van der Waals surface area contributed by atoms with E-state index in [4.69, 9.17) is 0 Å². The van der Waals surface area contributed by atoms with Crippen molar-refractivity contribution in [3.05, 3.63) is 71.8 Å². The molecule has 1 N–H and O–H groups in total. The fourth-order valence-electron chi connectivity index (χ4n) is 6.78. The maximum Gasteiger partial charge on any atom is 0.229 e. The minimum atomic E-state index is -0.573. The molecule has 3 saturated heterocycles. The van der Waals surface area contributed by atoms with E-state index in [0.717, 1.165) is 45.1 Å². The summed E-state index contributed by atoms with van der Waals surface area (Å²) < 4.78 is 0. The third kappa shape index (κ3) is 5.10. The molecule has 5 heteroatoms. The van der Waals surface area contributed by atoms with Crippen LogP contribution < -0.4 is 5.32 Å². The number of hydrogen-bond acceptors (Lipinski definition) is 3. The first-order valence-corrected chi connectivity index (χ1v) is 14.1. The van der Waals surface area contributed by atoms with Crippen molar-refractivity contribution in [1.29, 1.82) is 0 Å². The summed E-state index contributed by atoms with van der Waals surface area (Å²) in [6.45, 7) is 5.88. The summed E-state index contributed by atoms with van der Waals surface area (Å²) >= 11 is 0. The van der Waals surface area contributed by atoms with Gasteiger partial charge in [-0.05, 0) is 55.1 Å². The molecule has 4 aliphatic rings. The van der Waals surface area contributed by atoms with Crippen molar-refractivity contribution < 1.29 is 14.4 Å². The number of carbonyl (C=O) groups is 3. The molecule has 6 rings (SSSR count). The summed E-state index contributed by atoms with van der Waals surface area (Å²) in [4.78, 5) is 39.4. The Morgan fingerprint density at radius 1 is 0.973 bits per heavy atom. The predicted octanol–water partition coefficient (Wildman–Crippen LogP) is 5.47. The minimum absolute atomic E-state index is 0.0668. The average molecular weight is 501 g/mol. The first-order valence-electron chi connectivity index (χ1n) is 14.1. The van der Waals surface area contributed by atoms with Crippen molar-refractivity contribution in [1.82, 2.24) is 10.2 Å². The number of ketones is 1. The number of benzene rings is 2. The first-order chi connectivity index (χ1) is 17.9. The molecule has 4 fully saturated rings. The van der Waals surface area contributed by atoms with Crippen LogP contribution in [0.5, 0.6) is 0 Å². The number of fused-ring (bicyclic) bond motifs is 1. The van der Waals surface area contributed by atoms with Gasteiger partial charge in [0.25, 0.3) is 0 Å². The lowest BCUT2D eigenvalue weighted by molar-refractivity contribution is -0.174. The Morgan fingerprint density at radius 3 is 2.32 bits per heavy atom. The van der Waals surface area contributed by atoms with Crippen molar-refractivity contribution in [3.8, 4) is 0 Å². The molecule has 37 heavy (non-hydrogen) atoms. The highest BCUT2D eigenvalue weighted by atomic mass is 16.2. The fraction of sp³-hybridized carbons (Fsp3) is 0.531. The zero-order chi connectivity index (χ0) is 26.0. The third-order valence-corrected chi connectivity index (χ3v) is 8.75. The molecule has 3 heterocycles. The van der Waals surface area contributed by atoms with Gasteiger partial charge >= 0.3 is 0 Å². The standard InChI is InChI=1S/C26H29NO2.C6H11NO/c1-17(2)13-23-25(29)27-16-20(18-9-5-3-6-10-18)15-26(23,27)24(28)22-14-21(22)19-11-7-4-8-12-19;8-6-4-2-1-3-5-7-6/h3-12,17,20-23H,13-16H2,1-2H3;1-5H2,(H,7,8)/t20-,21+,22-,23-,26?;/m1./s1. The number of nitrogens with zero attached hydrogens (tertiary/aromatic N) is 1. The highest BCUT2D eigenvalue weighted by Gasteiger charge is 2.70. The largest absolute Gasteiger partial charge is 0.356 e. The molecule has 3 aliphatic heterocycles. The van der Waals surface area contributed by atoms with Crippen LogP contribution in [0.3, 0.4) is 0 Å². The van der Waals surface area contributed by atoms with Gasteiger partial charge in [-0.15, -0.1) is 0 Å². The van der Waals surface area contributed by atoms with Crippen LogP contribution in [0, 0.1) is 17.8 Å². The van der Waals surface area contributed by atoms with Gasteiger partial charge in [-0.3, -0.25) is 14.4 Å². The summed E-state index contributed by atoms with van der Waals surface area (Å²) in [7, 11) is 0. The Balaban J connectivity index is 0.000000301. The lowest BCUT2D eigenvalue weighted by Crippen LogP contribution is -2.72. The van der Waals surface area contributed by atoms with Crippen LogP contribution in [0.15, 0.2) is 60.7 Å². The molecule has 0 spiro atoms. The summed E-state index contributed by atoms with van der Waals surface area (Å²) in [6.07, 6.45) is 6.70. The van der Waals surface area contributed by atoms with Crippen molar-refractivity contribution in [2.75, 3.05) is 13.1 Å². The van der Waals surface area contributed by atoms with E-state index in [1.165, 1.54) is 17.5 Å². The van der Waals surface area contributed by atoms with Crippen LogP contribution in [0.1, 0.15) is 81.8 Å². The quantitative estimate of drug-likeness (QED) is 0.535. The van der Waals surface area contributed by atoms with Crippen LogP contribution in [-0.4, -0.2) is 41.1 Å². The normalized spacial score (nSPS) is 30.4. The van der Waals surface area contributed by atoms with Gasteiger partial charge in [-0.1, -0.05) is 80.9 Å². The maximum atomic E-state index is 13.9. The number of amides is 2. The highest BCUT2D eigenvalue weighted by molar-refractivity contribution is 6.07. The van der Waals surface area contributed by atoms with Crippen molar-refractivity contribution >= 4 is 17.6 Å². The molecule has 2 aromatic carbocycles. The maximum absolute atomic E-state index is 13.9. The van der Waals surface area contributed by atoms with Crippen LogP contribution >= 0.6 is 0 Å². The van der Waals surface area contributed by atoms with E-state index in [0.29, 0.717) is 24.2 Å². The summed E-state index contributed by atoms with van der Waals surface area (Å²) in [5, 5.41) is 2.81. The number of nitrogens with one attached hydrogen (secondary N) is 1. The molecule has 1 unspecified atom stereocenters. The molecule has 5 atom stereocenters. The van der Waals surface area contributed by atoms with Crippen molar-refractivity contribution in [2.45, 2.75) is 76.2 Å². The summed E-state index contributed by atoms with van der Waals surface area (Å²) in [5.41, 5.74) is 1.94.